The molecular weight excluding hydrogens is 727 g/mol. The Morgan fingerprint density at radius 3 is 1.83 bits per heavy atom. The maximum absolute atomic E-state index is 6.42. The van der Waals surface area contributed by atoms with Crippen molar-refractivity contribution in [3.05, 3.63) is 188 Å². The maximum atomic E-state index is 6.42. The van der Waals surface area contributed by atoms with Crippen LogP contribution in [0.3, 0.4) is 0 Å². The highest BCUT2D eigenvalue weighted by molar-refractivity contribution is 7.25. The molecule has 0 radical (unpaired) electrons. The van der Waals surface area contributed by atoms with Gasteiger partial charge < -0.3 is 4.42 Å². The summed E-state index contributed by atoms with van der Waals surface area (Å²) >= 11 is 1.84. The molecule has 12 aromatic rings. The first-order valence-corrected chi connectivity index (χ1v) is 20.2. The van der Waals surface area contributed by atoms with Crippen LogP contribution in [0.1, 0.15) is 0 Å². The smallest absolute Gasteiger partial charge is 0.164 e. The van der Waals surface area contributed by atoms with Crippen LogP contribution in [-0.4, -0.2) is 15.0 Å². The van der Waals surface area contributed by atoms with E-state index in [1.54, 1.807) is 0 Å². The third kappa shape index (κ3) is 5.32. The Kier molecular flexibility index (Phi) is 7.37. The van der Waals surface area contributed by atoms with E-state index in [1.165, 1.54) is 36.5 Å². The summed E-state index contributed by atoms with van der Waals surface area (Å²) < 4.78 is 9.02. The number of furan rings is 1. The molecule has 0 aliphatic carbocycles. The predicted octanol–water partition coefficient (Wildman–Crippen LogP) is 14.8. The normalized spacial score (nSPS) is 11.8. The Bertz CT molecular complexity index is 3570. The van der Waals surface area contributed by atoms with Crippen molar-refractivity contribution in [1.82, 2.24) is 15.0 Å². The zero-order chi connectivity index (χ0) is 38.2. The second kappa shape index (κ2) is 13.1. The fourth-order valence-electron chi connectivity index (χ4n) is 8.53. The van der Waals surface area contributed by atoms with Gasteiger partial charge in [-0.3, -0.25) is 0 Å². The van der Waals surface area contributed by atoms with Gasteiger partial charge in [-0.2, -0.15) is 0 Å². The van der Waals surface area contributed by atoms with Crippen molar-refractivity contribution in [2.24, 2.45) is 0 Å². The lowest BCUT2D eigenvalue weighted by Gasteiger charge is -2.12. The van der Waals surface area contributed by atoms with E-state index in [0.717, 1.165) is 66.1 Å². The Balaban J connectivity index is 0.962. The Hall–Kier alpha value is -7.47. The standard InChI is InChI=1S/C53H31N3OS/c1-2-11-34(12-3-1)51-54-52(35-22-20-32(21-23-35)36-24-28-43-42-15-6-7-19-47(42)58-48(43)31-36)56-53(55-51)44-17-8-13-37-30-38(25-27-39(37)44)41-16-9-18-45-50(41)49-40-14-5-4-10-33(40)26-29-46(49)57-45/h1-31H. The van der Waals surface area contributed by atoms with Crippen LogP contribution in [-0.2, 0) is 0 Å². The summed E-state index contributed by atoms with van der Waals surface area (Å²) in [6.07, 6.45) is 0. The first-order valence-electron chi connectivity index (χ1n) is 19.4. The van der Waals surface area contributed by atoms with Crippen molar-refractivity contribution in [2.45, 2.75) is 0 Å². The van der Waals surface area contributed by atoms with Gasteiger partial charge in [-0.05, 0) is 74.1 Å². The predicted molar refractivity (Wildman–Crippen MR) is 242 cm³/mol. The molecule has 3 aromatic heterocycles. The minimum atomic E-state index is 0.634. The zero-order valence-corrected chi connectivity index (χ0v) is 31.9. The van der Waals surface area contributed by atoms with E-state index in [1.807, 2.05) is 29.5 Å². The molecule has 0 atom stereocenters. The Morgan fingerprint density at radius 2 is 0.948 bits per heavy atom. The second-order valence-electron chi connectivity index (χ2n) is 14.7. The highest BCUT2D eigenvalue weighted by atomic mass is 32.1. The summed E-state index contributed by atoms with van der Waals surface area (Å²) in [4.78, 5) is 15.3. The molecule has 0 N–H and O–H groups in total. The number of thiophene rings is 1. The van der Waals surface area contributed by atoms with Crippen LogP contribution in [0.5, 0.6) is 0 Å². The van der Waals surface area contributed by atoms with Gasteiger partial charge in [0.25, 0.3) is 0 Å². The molecule has 3 heterocycles. The van der Waals surface area contributed by atoms with Gasteiger partial charge in [0, 0.05) is 47.6 Å². The minimum absolute atomic E-state index is 0.634. The molecule has 0 fully saturated rings. The first-order chi connectivity index (χ1) is 28.7. The van der Waals surface area contributed by atoms with Crippen LogP contribution in [0.2, 0.25) is 0 Å². The van der Waals surface area contributed by atoms with E-state index in [4.69, 9.17) is 19.4 Å². The number of rotatable bonds is 5. The van der Waals surface area contributed by atoms with Crippen molar-refractivity contribution < 1.29 is 4.42 Å². The van der Waals surface area contributed by atoms with E-state index < -0.39 is 0 Å². The van der Waals surface area contributed by atoms with E-state index in [9.17, 15) is 0 Å². The van der Waals surface area contributed by atoms with Crippen molar-refractivity contribution >= 4 is 75.0 Å². The molecule has 0 saturated carbocycles. The van der Waals surface area contributed by atoms with Gasteiger partial charge in [-0.15, -0.1) is 11.3 Å². The third-order valence-electron chi connectivity index (χ3n) is 11.3. The molecule has 5 heteroatoms. The highest BCUT2D eigenvalue weighted by Crippen LogP contribution is 2.42. The summed E-state index contributed by atoms with van der Waals surface area (Å²) in [7, 11) is 0. The van der Waals surface area contributed by atoms with E-state index in [-0.39, 0.29) is 0 Å². The van der Waals surface area contributed by atoms with Crippen molar-refractivity contribution in [1.29, 1.82) is 0 Å². The van der Waals surface area contributed by atoms with Gasteiger partial charge in [0.1, 0.15) is 11.2 Å². The lowest BCUT2D eigenvalue weighted by atomic mass is 9.94. The number of benzene rings is 9. The molecule has 12 rings (SSSR count). The number of hydrogen-bond donors (Lipinski definition) is 0. The van der Waals surface area contributed by atoms with Gasteiger partial charge in [0.15, 0.2) is 17.5 Å². The van der Waals surface area contributed by atoms with Crippen molar-refractivity contribution in [3.8, 4) is 56.4 Å². The van der Waals surface area contributed by atoms with Gasteiger partial charge >= 0.3 is 0 Å². The van der Waals surface area contributed by atoms with E-state index in [2.05, 4.69) is 170 Å². The lowest BCUT2D eigenvalue weighted by molar-refractivity contribution is 0.669. The summed E-state index contributed by atoms with van der Waals surface area (Å²) in [6, 6.07) is 66.3. The van der Waals surface area contributed by atoms with E-state index >= 15 is 0 Å². The average molecular weight is 758 g/mol. The third-order valence-corrected chi connectivity index (χ3v) is 12.5. The molecule has 0 spiro atoms. The lowest BCUT2D eigenvalue weighted by Crippen LogP contribution is -2.00. The largest absolute Gasteiger partial charge is 0.456 e. The number of aromatic nitrogens is 3. The minimum Gasteiger partial charge on any atom is -0.456 e. The number of hydrogen-bond acceptors (Lipinski definition) is 5. The summed E-state index contributed by atoms with van der Waals surface area (Å²) in [5.74, 6) is 1.91. The maximum Gasteiger partial charge on any atom is 0.164 e. The van der Waals surface area contributed by atoms with Gasteiger partial charge in [0.2, 0.25) is 0 Å². The molecular formula is C53H31N3OS. The van der Waals surface area contributed by atoms with Crippen LogP contribution in [0.15, 0.2) is 192 Å². The monoisotopic (exact) mass is 757 g/mol. The molecule has 0 amide bonds. The summed E-state index contributed by atoms with van der Waals surface area (Å²) in [6.45, 7) is 0. The number of nitrogens with zero attached hydrogens (tertiary/aromatic N) is 3. The highest BCUT2D eigenvalue weighted by Gasteiger charge is 2.18. The summed E-state index contributed by atoms with van der Waals surface area (Å²) in [5.41, 5.74) is 9.21. The SMILES string of the molecule is c1ccc(-c2nc(-c3ccc(-c4ccc5c(c4)sc4ccccc45)cc3)nc(-c3cccc4cc(-c5cccc6oc7ccc8ccccc8c7c56)ccc34)n2)cc1. The van der Waals surface area contributed by atoms with Crippen LogP contribution in [0, 0.1) is 0 Å². The topological polar surface area (TPSA) is 51.8 Å². The molecule has 4 nitrogen and oxygen atoms in total. The molecule has 0 aliphatic heterocycles. The molecule has 0 saturated heterocycles. The quantitative estimate of drug-likeness (QED) is 0.175. The molecule has 270 valence electrons. The Morgan fingerprint density at radius 1 is 0.328 bits per heavy atom. The van der Waals surface area contributed by atoms with Gasteiger partial charge in [-0.25, -0.2) is 15.0 Å². The van der Waals surface area contributed by atoms with Crippen LogP contribution in [0.25, 0.3) is 120 Å². The second-order valence-corrected chi connectivity index (χ2v) is 15.8. The van der Waals surface area contributed by atoms with Crippen molar-refractivity contribution in [2.75, 3.05) is 0 Å². The first kappa shape index (κ1) is 32.7. The fourth-order valence-corrected chi connectivity index (χ4v) is 9.68. The van der Waals surface area contributed by atoms with Crippen molar-refractivity contribution in [3.63, 3.8) is 0 Å². The van der Waals surface area contributed by atoms with Crippen LogP contribution < -0.4 is 0 Å². The molecule has 58 heavy (non-hydrogen) atoms. The molecule has 9 aromatic carbocycles. The zero-order valence-electron chi connectivity index (χ0n) is 31.1. The molecule has 0 bridgehead atoms. The van der Waals surface area contributed by atoms with Gasteiger partial charge in [0.05, 0.1) is 0 Å². The van der Waals surface area contributed by atoms with E-state index in [0.29, 0.717) is 17.5 Å². The molecule has 0 aliphatic rings. The van der Waals surface area contributed by atoms with Crippen LogP contribution >= 0.6 is 11.3 Å². The van der Waals surface area contributed by atoms with Crippen LogP contribution in [0.4, 0.5) is 0 Å². The molecule has 0 unspecified atom stereocenters. The Labute approximate surface area is 337 Å². The summed E-state index contributed by atoms with van der Waals surface area (Å²) in [5, 5.41) is 9.46. The number of fused-ring (bicyclic) bond motifs is 9. The van der Waals surface area contributed by atoms with Gasteiger partial charge in [-0.1, -0.05) is 158 Å². The average Bonchev–Trinajstić information content (AvgIpc) is 3.87. The fraction of sp³-hybridized carbons (Fsp3) is 0.